The SMILES string of the molecule is CCCC(C)N1CC(C(=O)NC2CCNCC2C)CC1=O.Cl. The summed E-state index contributed by atoms with van der Waals surface area (Å²) in [6.07, 6.45) is 3.42. The minimum absolute atomic E-state index is 0. The number of nitrogens with zero attached hydrogens (tertiary/aromatic N) is 1. The average molecular weight is 332 g/mol. The van der Waals surface area contributed by atoms with Gasteiger partial charge in [-0.3, -0.25) is 9.59 Å². The molecule has 0 spiro atoms. The molecule has 2 aliphatic heterocycles. The van der Waals surface area contributed by atoms with Crippen molar-refractivity contribution in [3.8, 4) is 0 Å². The summed E-state index contributed by atoms with van der Waals surface area (Å²) in [5.41, 5.74) is 0. The summed E-state index contributed by atoms with van der Waals surface area (Å²) >= 11 is 0. The van der Waals surface area contributed by atoms with E-state index < -0.39 is 0 Å². The van der Waals surface area contributed by atoms with E-state index in [1.165, 1.54) is 0 Å². The average Bonchev–Trinajstić information content (AvgIpc) is 2.84. The second kappa shape index (κ2) is 8.73. The smallest absolute Gasteiger partial charge is 0.225 e. The highest BCUT2D eigenvalue weighted by Gasteiger charge is 2.37. The lowest BCUT2D eigenvalue weighted by molar-refractivity contribution is -0.130. The Hall–Kier alpha value is -0.810. The Labute approximate surface area is 140 Å². The topological polar surface area (TPSA) is 61.4 Å². The minimum atomic E-state index is -0.168. The molecular weight excluding hydrogens is 302 g/mol. The maximum atomic E-state index is 12.4. The van der Waals surface area contributed by atoms with Crippen LogP contribution in [0.15, 0.2) is 0 Å². The highest BCUT2D eigenvalue weighted by Crippen LogP contribution is 2.23. The summed E-state index contributed by atoms with van der Waals surface area (Å²) < 4.78 is 0. The fraction of sp³-hybridized carbons (Fsp3) is 0.875. The van der Waals surface area contributed by atoms with Gasteiger partial charge in [0.25, 0.3) is 0 Å². The molecule has 5 nitrogen and oxygen atoms in total. The normalized spacial score (nSPS) is 29.9. The van der Waals surface area contributed by atoms with Gasteiger partial charge < -0.3 is 15.5 Å². The van der Waals surface area contributed by atoms with Gasteiger partial charge in [0.05, 0.1) is 5.92 Å². The van der Waals surface area contributed by atoms with E-state index in [4.69, 9.17) is 0 Å². The lowest BCUT2D eigenvalue weighted by atomic mass is 9.94. The Morgan fingerprint density at radius 2 is 2.23 bits per heavy atom. The predicted molar refractivity (Wildman–Crippen MR) is 90.0 cm³/mol. The van der Waals surface area contributed by atoms with Gasteiger partial charge >= 0.3 is 0 Å². The van der Waals surface area contributed by atoms with Crippen LogP contribution in [0.1, 0.15) is 46.5 Å². The molecule has 2 saturated heterocycles. The first-order valence-corrected chi connectivity index (χ1v) is 8.33. The predicted octanol–water partition coefficient (Wildman–Crippen LogP) is 1.56. The van der Waals surface area contributed by atoms with Crippen LogP contribution in [0, 0.1) is 11.8 Å². The van der Waals surface area contributed by atoms with Gasteiger partial charge in [0, 0.05) is 25.0 Å². The van der Waals surface area contributed by atoms with Gasteiger partial charge in [-0.2, -0.15) is 0 Å². The van der Waals surface area contributed by atoms with Crippen molar-refractivity contribution in [3.05, 3.63) is 0 Å². The summed E-state index contributed by atoms with van der Waals surface area (Å²) in [6.45, 7) is 8.86. The van der Waals surface area contributed by atoms with Crippen molar-refractivity contribution in [3.63, 3.8) is 0 Å². The van der Waals surface area contributed by atoms with Crippen molar-refractivity contribution >= 4 is 24.2 Å². The van der Waals surface area contributed by atoms with E-state index >= 15 is 0 Å². The van der Waals surface area contributed by atoms with Crippen molar-refractivity contribution in [1.29, 1.82) is 0 Å². The van der Waals surface area contributed by atoms with Gasteiger partial charge in [0.1, 0.15) is 0 Å². The molecular formula is C16H30ClN3O2. The van der Waals surface area contributed by atoms with Gasteiger partial charge in [-0.1, -0.05) is 20.3 Å². The molecule has 0 aromatic heterocycles. The molecule has 0 bridgehead atoms. The van der Waals surface area contributed by atoms with E-state index in [9.17, 15) is 9.59 Å². The molecule has 0 aromatic carbocycles. The second-order valence-corrected chi connectivity index (χ2v) is 6.67. The van der Waals surface area contributed by atoms with Crippen LogP contribution in [0.5, 0.6) is 0 Å². The summed E-state index contributed by atoms with van der Waals surface area (Å²) in [5.74, 6) is 0.483. The number of carbonyl (C=O) groups is 2. The number of nitrogens with one attached hydrogen (secondary N) is 2. The van der Waals surface area contributed by atoms with E-state index in [0.29, 0.717) is 18.9 Å². The van der Waals surface area contributed by atoms with E-state index in [1.54, 1.807) is 0 Å². The minimum Gasteiger partial charge on any atom is -0.353 e. The van der Waals surface area contributed by atoms with Gasteiger partial charge in [0.2, 0.25) is 11.8 Å². The molecule has 22 heavy (non-hydrogen) atoms. The van der Waals surface area contributed by atoms with E-state index in [2.05, 4.69) is 31.4 Å². The molecule has 2 rings (SSSR count). The van der Waals surface area contributed by atoms with Gasteiger partial charge in [0.15, 0.2) is 0 Å². The highest BCUT2D eigenvalue weighted by atomic mass is 35.5. The van der Waals surface area contributed by atoms with E-state index in [0.717, 1.165) is 32.4 Å². The Morgan fingerprint density at radius 1 is 1.50 bits per heavy atom. The Bertz CT molecular complexity index is 392. The standard InChI is InChI=1S/C16H29N3O2.ClH/c1-4-5-12(3)19-10-13(8-15(19)20)16(21)18-14-6-7-17-9-11(14)2;/h11-14,17H,4-10H2,1-3H3,(H,18,21);1H. The van der Waals surface area contributed by atoms with Crippen LogP contribution >= 0.6 is 12.4 Å². The first-order valence-electron chi connectivity index (χ1n) is 8.33. The first kappa shape index (κ1) is 19.2. The van der Waals surface area contributed by atoms with Gasteiger partial charge in [-0.15, -0.1) is 12.4 Å². The number of amides is 2. The van der Waals surface area contributed by atoms with Crippen LogP contribution in [0.25, 0.3) is 0 Å². The summed E-state index contributed by atoms with van der Waals surface area (Å²) in [6, 6.07) is 0.495. The monoisotopic (exact) mass is 331 g/mol. The molecule has 4 atom stereocenters. The maximum absolute atomic E-state index is 12.4. The number of rotatable bonds is 5. The Morgan fingerprint density at radius 3 is 2.86 bits per heavy atom. The molecule has 2 aliphatic rings. The molecule has 0 saturated carbocycles. The fourth-order valence-electron chi connectivity index (χ4n) is 3.44. The van der Waals surface area contributed by atoms with Crippen LogP contribution in [0.2, 0.25) is 0 Å². The highest BCUT2D eigenvalue weighted by molar-refractivity contribution is 5.89. The molecule has 2 fully saturated rings. The van der Waals surface area contributed by atoms with Crippen LogP contribution in [-0.4, -0.2) is 48.4 Å². The van der Waals surface area contributed by atoms with Crippen molar-refractivity contribution in [2.75, 3.05) is 19.6 Å². The lowest BCUT2D eigenvalue weighted by Crippen LogP contribution is -2.50. The van der Waals surface area contributed by atoms with Gasteiger partial charge in [-0.05, 0) is 38.8 Å². The Balaban J connectivity index is 0.00000242. The van der Waals surface area contributed by atoms with E-state index in [1.807, 2.05) is 4.90 Å². The third-order valence-corrected chi connectivity index (χ3v) is 4.88. The lowest BCUT2D eigenvalue weighted by Gasteiger charge is -2.31. The summed E-state index contributed by atoms with van der Waals surface area (Å²) in [5, 5.41) is 6.50. The molecule has 2 heterocycles. The van der Waals surface area contributed by atoms with E-state index in [-0.39, 0.29) is 42.2 Å². The van der Waals surface area contributed by atoms with Crippen molar-refractivity contribution in [2.45, 2.75) is 58.5 Å². The maximum Gasteiger partial charge on any atom is 0.225 e. The molecule has 4 unspecified atom stereocenters. The number of halogens is 1. The number of hydrogen-bond donors (Lipinski definition) is 2. The zero-order valence-electron chi connectivity index (χ0n) is 13.9. The van der Waals surface area contributed by atoms with Crippen molar-refractivity contribution in [1.82, 2.24) is 15.5 Å². The number of piperidine rings is 1. The molecule has 6 heteroatoms. The largest absolute Gasteiger partial charge is 0.353 e. The molecule has 2 N–H and O–H groups in total. The zero-order valence-corrected chi connectivity index (χ0v) is 14.7. The number of likely N-dealkylation sites (tertiary alicyclic amines) is 1. The third kappa shape index (κ3) is 4.59. The van der Waals surface area contributed by atoms with Crippen LogP contribution in [0.3, 0.4) is 0 Å². The Kier molecular flexibility index (Phi) is 7.63. The number of hydrogen-bond acceptors (Lipinski definition) is 3. The first-order chi connectivity index (χ1) is 10.0. The molecule has 128 valence electrons. The fourth-order valence-corrected chi connectivity index (χ4v) is 3.44. The summed E-state index contributed by atoms with van der Waals surface area (Å²) in [7, 11) is 0. The quantitative estimate of drug-likeness (QED) is 0.803. The van der Waals surface area contributed by atoms with Crippen molar-refractivity contribution < 1.29 is 9.59 Å². The molecule has 0 aliphatic carbocycles. The second-order valence-electron chi connectivity index (χ2n) is 6.67. The van der Waals surface area contributed by atoms with Crippen LogP contribution in [0.4, 0.5) is 0 Å². The third-order valence-electron chi connectivity index (χ3n) is 4.88. The van der Waals surface area contributed by atoms with Crippen LogP contribution < -0.4 is 10.6 Å². The zero-order chi connectivity index (χ0) is 15.4. The summed E-state index contributed by atoms with van der Waals surface area (Å²) in [4.78, 5) is 26.4. The molecule has 2 amide bonds. The van der Waals surface area contributed by atoms with Crippen molar-refractivity contribution in [2.24, 2.45) is 11.8 Å². The molecule has 0 aromatic rings. The van der Waals surface area contributed by atoms with Crippen LogP contribution in [-0.2, 0) is 9.59 Å². The molecule has 0 radical (unpaired) electrons. The van der Waals surface area contributed by atoms with Gasteiger partial charge in [-0.25, -0.2) is 0 Å². The number of carbonyl (C=O) groups excluding carboxylic acids is 2.